The number of thiophene rings is 1. The number of imidazole rings is 2. The Bertz CT molecular complexity index is 4950. The van der Waals surface area contributed by atoms with Crippen LogP contribution in [0.25, 0.3) is 66.7 Å². The van der Waals surface area contributed by atoms with Gasteiger partial charge >= 0.3 is 0 Å². The second kappa shape index (κ2) is 31.2. The summed E-state index contributed by atoms with van der Waals surface area (Å²) in [7, 11) is 1.85. The van der Waals surface area contributed by atoms with Crippen LogP contribution in [-0.4, -0.2) is 62.9 Å². The maximum absolute atomic E-state index is 9.64. The van der Waals surface area contributed by atoms with E-state index in [1.54, 1.807) is 62.5 Å². The van der Waals surface area contributed by atoms with E-state index in [2.05, 4.69) is 191 Å². The minimum absolute atomic E-state index is 0. The van der Waals surface area contributed by atoms with Crippen molar-refractivity contribution >= 4 is 61.1 Å². The summed E-state index contributed by atoms with van der Waals surface area (Å²) in [5, 5.41) is 51.4. The van der Waals surface area contributed by atoms with Gasteiger partial charge in [0, 0.05) is 127 Å². The Morgan fingerprint density at radius 2 is 1.27 bits per heavy atom. The molecule has 21 nitrogen and oxygen atoms in total. The van der Waals surface area contributed by atoms with E-state index >= 15 is 0 Å². The molecule has 0 aliphatic carbocycles. The van der Waals surface area contributed by atoms with Crippen molar-refractivity contribution in [1.82, 2.24) is 62.9 Å². The Balaban J connectivity index is 0.000000168. The number of anilines is 4. The fourth-order valence-electron chi connectivity index (χ4n) is 10.9. The third kappa shape index (κ3) is 14.4. The molecule has 10 heterocycles. The van der Waals surface area contributed by atoms with Gasteiger partial charge < -0.3 is 47.5 Å². The normalized spacial score (nSPS) is 11.8. The number of aromatic nitrogens is 12. The molecule has 13 aromatic rings. The third-order valence-electron chi connectivity index (χ3n) is 14.9. The molecular formula is C69H54Ir4N20OS-6. The molecule has 26 heteroatoms. The van der Waals surface area contributed by atoms with Crippen LogP contribution in [0.1, 0.15) is 79.0 Å². The van der Waals surface area contributed by atoms with E-state index < -0.39 is 0 Å². The molecule has 15 rings (SSSR count). The first-order chi connectivity index (χ1) is 44.2. The summed E-state index contributed by atoms with van der Waals surface area (Å²) in [6.45, 7) is 18.1. The van der Waals surface area contributed by atoms with E-state index in [9.17, 15) is 10.5 Å². The molecule has 0 saturated carbocycles. The van der Waals surface area contributed by atoms with Crippen LogP contribution in [0.4, 0.5) is 23.0 Å². The first kappa shape index (κ1) is 71.3. The van der Waals surface area contributed by atoms with Crippen LogP contribution in [0.3, 0.4) is 0 Å². The Hall–Kier alpha value is -9.51. The fraction of sp³-hybridized carbons (Fsp3) is 0.145. The molecule has 0 unspecified atom stereocenters. The molecular weight excluding hydrogens is 1930 g/mol. The van der Waals surface area contributed by atoms with Gasteiger partial charge in [-0.05, 0) is 133 Å². The molecule has 2 aliphatic heterocycles. The first-order valence-corrected chi connectivity index (χ1v) is 29.5. The standard InChI is InChI=1S/C28H20N5S.C19H21N6.C11H7N5.C11H6N4O.4Ir/c1-17-13-18(2)26(19(3)14-17)33-27(30-24(15-29)31-33)22-16-34-28-25(22)21-11-7-8-12-23(21)32(28)20-9-5-4-6-10-20;1-12(2)14-7-6-8-15(13(3)4)18(14)25-19(22-17(9-20)23-25)16-10-24(5)11-21-16;12-8-14-5-6-16(9-14)11-7-15-4-2-1-3-10(15)13-11;12-6-14-8-15(11-5-16-7-13-11)10-4-2-1-3-9(10)14;;;;/h4-14H,1-3H3;6-8,11-13H,1-5H3;1-6,9H;1-4,7-8H;;;;/q2*-1;2*-2;;;;. The van der Waals surface area contributed by atoms with Crippen LogP contribution < -0.4 is 14.7 Å². The van der Waals surface area contributed by atoms with Crippen molar-refractivity contribution in [2.45, 2.75) is 60.3 Å². The molecule has 484 valence electrons. The molecule has 0 N–H and O–H groups in total. The largest absolute Gasteiger partial charge is 0.630 e. The van der Waals surface area contributed by atoms with Crippen LogP contribution in [-0.2, 0) is 87.5 Å². The van der Waals surface area contributed by atoms with Crippen LogP contribution in [0, 0.1) is 104 Å². The van der Waals surface area contributed by atoms with Gasteiger partial charge in [-0.25, -0.2) is 16.3 Å². The molecule has 2 aliphatic rings. The van der Waals surface area contributed by atoms with Gasteiger partial charge in [-0.2, -0.15) is 21.0 Å². The summed E-state index contributed by atoms with van der Waals surface area (Å²) in [5.74, 6) is 3.26. The van der Waals surface area contributed by atoms with E-state index in [0.29, 0.717) is 40.8 Å². The number of nitriles is 4. The number of hydrogen-bond donors (Lipinski definition) is 0. The van der Waals surface area contributed by atoms with Crippen LogP contribution in [0.2, 0.25) is 0 Å². The molecule has 0 spiro atoms. The third-order valence-corrected chi connectivity index (χ3v) is 15.7. The second-order valence-electron chi connectivity index (χ2n) is 21.7. The molecule has 5 aromatic carbocycles. The van der Waals surface area contributed by atoms with Gasteiger partial charge in [0.25, 0.3) is 0 Å². The number of rotatable bonds is 9. The minimum Gasteiger partial charge on any atom is -0.630 e. The summed E-state index contributed by atoms with van der Waals surface area (Å²) in [6.07, 6.45) is 21.2. The molecule has 8 aromatic heterocycles. The van der Waals surface area contributed by atoms with E-state index in [1.807, 2.05) is 95.3 Å². The zero-order valence-corrected chi connectivity index (χ0v) is 62.3. The zero-order valence-electron chi connectivity index (χ0n) is 51.9. The van der Waals surface area contributed by atoms with Gasteiger partial charge in [-0.1, -0.05) is 159 Å². The predicted molar refractivity (Wildman–Crippen MR) is 346 cm³/mol. The zero-order chi connectivity index (χ0) is 63.4. The summed E-state index contributed by atoms with van der Waals surface area (Å²) in [5.41, 5.74) is 13.8. The van der Waals surface area contributed by atoms with Crippen molar-refractivity contribution < 1.29 is 84.8 Å². The maximum atomic E-state index is 9.64. The van der Waals surface area contributed by atoms with Crippen molar-refractivity contribution in [3.63, 3.8) is 0 Å². The van der Waals surface area contributed by atoms with E-state index in [-0.39, 0.29) is 92.1 Å². The van der Waals surface area contributed by atoms with E-state index in [1.165, 1.54) is 21.8 Å². The average molecular weight is 1980 g/mol. The summed E-state index contributed by atoms with van der Waals surface area (Å²) >= 11 is 1.56. The number of hydrogen-bond acceptors (Lipinski definition) is 17. The maximum Gasteiger partial charge on any atom is 0.243 e. The number of fused-ring (bicyclic) bond motifs is 5. The SMILES string of the molecule is CC(C)c1cccc(C(C)C)c1-n1nc(C#N)nc1-c1[c-]n(C)cn1.Cc1cc(C)c(-n2nc(C#N)nc2-c2[c-]sc3c2c2ccccc2n3-c2ccccc2)c(C)c1.N#CN1C=CN(c2[c-]n3ccccc3n2)[CH-]1.N#CN1[CH-]N(c2[c-]ocn2)c2ccccc21.[Ir].[Ir].[Ir].[Ir]. The van der Waals surface area contributed by atoms with Gasteiger partial charge in [0.1, 0.15) is 12.1 Å². The quantitative estimate of drug-likeness (QED) is 0.0964. The van der Waals surface area contributed by atoms with Gasteiger partial charge in [0.15, 0.2) is 12.4 Å². The number of para-hydroxylation sites is 5. The number of aryl methyl sites for hydroxylation is 4. The first-order valence-electron chi connectivity index (χ1n) is 28.7. The predicted octanol–water partition coefficient (Wildman–Crippen LogP) is 13.6. The number of benzene rings is 5. The summed E-state index contributed by atoms with van der Waals surface area (Å²) < 4.78 is 14.2. The summed E-state index contributed by atoms with van der Waals surface area (Å²) in [4.78, 5) is 29.2. The number of nitrogens with zero attached hydrogens (tertiary/aromatic N) is 20. The molecule has 0 saturated heterocycles. The van der Waals surface area contributed by atoms with Gasteiger partial charge in [-0.3, -0.25) is 19.3 Å². The Morgan fingerprint density at radius 1 is 0.632 bits per heavy atom. The number of oxazole rings is 1. The molecule has 0 atom stereocenters. The summed E-state index contributed by atoms with van der Waals surface area (Å²) in [6, 6.07) is 46.7. The minimum atomic E-state index is 0. The van der Waals surface area contributed by atoms with Crippen molar-refractivity contribution in [1.29, 1.82) is 21.0 Å². The van der Waals surface area contributed by atoms with Crippen molar-refractivity contribution in [3.05, 3.63) is 236 Å². The van der Waals surface area contributed by atoms with Gasteiger partial charge in [0.05, 0.1) is 23.0 Å². The van der Waals surface area contributed by atoms with Crippen molar-refractivity contribution in [2.24, 2.45) is 7.05 Å². The van der Waals surface area contributed by atoms with Crippen LogP contribution in [0.5, 0.6) is 0 Å². The Kier molecular flexibility index (Phi) is 23.4. The van der Waals surface area contributed by atoms with Crippen LogP contribution >= 0.6 is 11.3 Å². The van der Waals surface area contributed by atoms with E-state index in [4.69, 9.17) is 14.9 Å². The van der Waals surface area contributed by atoms with Gasteiger partial charge in [0.2, 0.25) is 11.6 Å². The van der Waals surface area contributed by atoms with Crippen LogP contribution in [0.15, 0.2) is 163 Å². The van der Waals surface area contributed by atoms with E-state index in [0.717, 1.165) is 83.0 Å². The molecule has 95 heavy (non-hydrogen) atoms. The number of pyridine rings is 1. The Labute approximate surface area is 606 Å². The van der Waals surface area contributed by atoms with Gasteiger partial charge in [-0.15, -0.1) is 29.6 Å². The fourth-order valence-corrected chi connectivity index (χ4v) is 12.0. The second-order valence-corrected chi connectivity index (χ2v) is 22.5. The van der Waals surface area contributed by atoms with Crippen molar-refractivity contribution in [2.75, 3.05) is 14.7 Å². The average Bonchev–Trinajstić information content (AvgIpc) is 1.58. The smallest absolute Gasteiger partial charge is 0.243 e. The molecule has 0 amide bonds. The molecule has 4 radical (unpaired) electrons. The Morgan fingerprint density at radius 3 is 1.88 bits per heavy atom. The topological polar surface area (TPSA) is 236 Å². The van der Waals surface area contributed by atoms with Crippen molar-refractivity contribution in [3.8, 4) is 64.5 Å². The monoisotopic (exact) mass is 1980 g/mol. The molecule has 0 fully saturated rings. The molecule has 0 bridgehead atoms.